The van der Waals surface area contributed by atoms with Gasteiger partial charge in [0, 0.05) is 11.1 Å². The van der Waals surface area contributed by atoms with E-state index in [-0.39, 0.29) is 0 Å². The van der Waals surface area contributed by atoms with Crippen LogP contribution in [0.2, 0.25) is 5.02 Å². The zero-order chi connectivity index (χ0) is 11.8. The van der Waals surface area contributed by atoms with Gasteiger partial charge in [0.15, 0.2) is 0 Å². The second-order valence-corrected chi connectivity index (χ2v) is 5.58. The lowest BCUT2D eigenvalue weighted by atomic mass is 10.1. The lowest BCUT2D eigenvalue weighted by molar-refractivity contribution is 0.567. The maximum atomic E-state index is 9.10. The molecule has 0 spiro atoms. The Morgan fingerprint density at radius 2 is 1.88 bits per heavy atom. The predicted octanol–water partition coefficient (Wildman–Crippen LogP) is 3.81. The van der Waals surface area contributed by atoms with Gasteiger partial charge in [-0.3, -0.25) is 0 Å². The molecule has 3 rings (SSSR count). The highest BCUT2D eigenvalue weighted by Gasteiger charge is 2.41. The average Bonchev–Trinajstić information content (AvgIpc) is 3.16. The third-order valence-corrected chi connectivity index (χ3v) is 3.92. The fraction of sp³-hybridized carbons (Fsp3) is 0.500. The number of hydrogen-bond acceptors (Lipinski definition) is 2. The summed E-state index contributed by atoms with van der Waals surface area (Å²) >= 11 is 6.00. The minimum atomic E-state index is 0.556. The van der Waals surface area contributed by atoms with E-state index in [4.69, 9.17) is 16.9 Å². The standard InChI is InChI=1S/C14H15ClN2/c15-12-6-5-11(8-16)13(7-12)17-14(9-1-2-9)10-3-4-10/h5-7,9-10,14,17H,1-4H2. The van der Waals surface area contributed by atoms with E-state index in [0.29, 0.717) is 16.6 Å². The third-order valence-electron chi connectivity index (χ3n) is 3.68. The van der Waals surface area contributed by atoms with Crippen LogP contribution in [0.1, 0.15) is 31.2 Å². The zero-order valence-electron chi connectivity index (χ0n) is 9.62. The van der Waals surface area contributed by atoms with Crippen molar-refractivity contribution in [3.63, 3.8) is 0 Å². The Morgan fingerprint density at radius 1 is 1.24 bits per heavy atom. The number of anilines is 1. The monoisotopic (exact) mass is 246 g/mol. The molecular formula is C14H15ClN2. The molecule has 2 saturated carbocycles. The SMILES string of the molecule is N#Cc1ccc(Cl)cc1NC(C1CC1)C1CC1. The predicted molar refractivity (Wildman–Crippen MR) is 69.0 cm³/mol. The number of hydrogen-bond donors (Lipinski definition) is 1. The molecule has 3 heteroatoms. The molecule has 1 aromatic carbocycles. The Kier molecular flexibility index (Phi) is 2.72. The summed E-state index contributed by atoms with van der Waals surface area (Å²) in [5, 5.41) is 13.3. The molecule has 88 valence electrons. The summed E-state index contributed by atoms with van der Waals surface area (Å²) in [4.78, 5) is 0. The summed E-state index contributed by atoms with van der Waals surface area (Å²) in [5.41, 5.74) is 1.60. The summed E-state index contributed by atoms with van der Waals surface area (Å²) in [6.45, 7) is 0. The minimum Gasteiger partial charge on any atom is -0.381 e. The van der Waals surface area contributed by atoms with Crippen LogP contribution in [0, 0.1) is 23.2 Å². The van der Waals surface area contributed by atoms with Crippen molar-refractivity contribution in [3.05, 3.63) is 28.8 Å². The van der Waals surface area contributed by atoms with E-state index >= 15 is 0 Å². The van der Waals surface area contributed by atoms with Crippen molar-refractivity contribution in [1.29, 1.82) is 5.26 Å². The Morgan fingerprint density at radius 3 is 2.41 bits per heavy atom. The van der Waals surface area contributed by atoms with Gasteiger partial charge in [0.05, 0.1) is 11.3 Å². The number of nitriles is 1. The number of halogens is 1. The van der Waals surface area contributed by atoms with Crippen LogP contribution in [0.25, 0.3) is 0 Å². The fourth-order valence-electron chi connectivity index (χ4n) is 2.44. The molecule has 1 aromatic rings. The first kappa shape index (κ1) is 10.9. The van der Waals surface area contributed by atoms with Crippen molar-refractivity contribution >= 4 is 17.3 Å². The first-order chi connectivity index (χ1) is 8.28. The van der Waals surface area contributed by atoms with Crippen LogP contribution in [0.5, 0.6) is 0 Å². The molecule has 2 fully saturated rings. The summed E-state index contributed by atoms with van der Waals surface area (Å²) in [7, 11) is 0. The Bertz CT molecular complexity index is 458. The van der Waals surface area contributed by atoms with Crippen molar-refractivity contribution in [2.75, 3.05) is 5.32 Å². The van der Waals surface area contributed by atoms with Gasteiger partial charge in [0.25, 0.3) is 0 Å². The van der Waals surface area contributed by atoms with Gasteiger partial charge in [-0.25, -0.2) is 0 Å². The van der Waals surface area contributed by atoms with Crippen molar-refractivity contribution in [2.45, 2.75) is 31.7 Å². The number of nitrogens with zero attached hydrogens (tertiary/aromatic N) is 1. The summed E-state index contributed by atoms with van der Waals surface area (Å²) < 4.78 is 0. The minimum absolute atomic E-state index is 0.556. The molecule has 0 radical (unpaired) electrons. The van der Waals surface area contributed by atoms with Gasteiger partial charge < -0.3 is 5.32 Å². The highest BCUT2D eigenvalue weighted by Crippen LogP contribution is 2.46. The molecule has 2 aliphatic carbocycles. The average molecular weight is 247 g/mol. The molecule has 0 unspecified atom stereocenters. The summed E-state index contributed by atoms with van der Waals surface area (Å²) in [5.74, 6) is 1.63. The zero-order valence-corrected chi connectivity index (χ0v) is 10.4. The van der Waals surface area contributed by atoms with E-state index in [1.807, 2.05) is 6.07 Å². The Labute approximate surface area is 107 Å². The molecule has 0 atom stereocenters. The summed E-state index contributed by atoms with van der Waals surface area (Å²) in [6.07, 6.45) is 5.32. The molecule has 1 N–H and O–H groups in total. The van der Waals surface area contributed by atoms with Gasteiger partial charge in [0.1, 0.15) is 6.07 Å². The van der Waals surface area contributed by atoms with Crippen LogP contribution >= 0.6 is 11.6 Å². The second kappa shape index (κ2) is 4.23. The van der Waals surface area contributed by atoms with Crippen molar-refractivity contribution in [3.8, 4) is 6.07 Å². The molecular weight excluding hydrogens is 232 g/mol. The molecule has 0 aliphatic heterocycles. The smallest absolute Gasteiger partial charge is 0.101 e. The van der Waals surface area contributed by atoms with Gasteiger partial charge in [-0.15, -0.1) is 0 Å². The molecule has 2 aliphatic rings. The second-order valence-electron chi connectivity index (χ2n) is 5.15. The Balaban J connectivity index is 1.83. The third kappa shape index (κ3) is 2.40. The van der Waals surface area contributed by atoms with E-state index in [9.17, 15) is 0 Å². The van der Waals surface area contributed by atoms with Crippen LogP contribution in [-0.4, -0.2) is 6.04 Å². The molecule has 0 amide bonds. The van der Waals surface area contributed by atoms with Gasteiger partial charge in [-0.2, -0.15) is 5.26 Å². The fourth-order valence-corrected chi connectivity index (χ4v) is 2.62. The number of nitrogens with one attached hydrogen (secondary N) is 1. The van der Waals surface area contributed by atoms with E-state index < -0.39 is 0 Å². The lowest BCUT2D eigenvalue weighted by Gasteiger charge is -2.20. The largest absolute Gasteiger partial charge is 0.381 e. The van der Waals surface area contributed by atoms with Crippen LogP contribution in [0.3, 0.4) is 0 Å². The van der Waals surface area contributed by atoms with Crippen molar-refractivity contribution in [2.24, 2.45) is 11.8 Å². The molecule has 0 heterocycles. The van der Waals surface area contributed by atoms with Crippen molar-refractivity contribution in [1.82, 2.24) is 0 Å². The Hall–Kier alpha value is -1.20. The number of benzene rings is 1. The lowest BCUT2D eigenvalue weighted by Crippen LogP contribution is -2.24. The molecule has 0 aromatic heterocycles. The molecule has 2 nitrogen and oxygen atoms in total. The maximum absolute atomic E-state index is 9.10. The topological polar surface area (TPSA) is 35.8 Å². The highest BCUT2D eigenvalue weighted by atomic mass is 35.5. The van der Waals surface area contributed by atoms with E-state index in [1.54, 1.807) is 12.1 Å². The van der Waals surface area contributed by atoms with Gasteiger partial charge in [-0.1, -0.05) is 11.6 Å². The molecule has 0 saturated heterocycles. The van der Waals surface area contributed by atoms with E-state index in [0.717, 1.165) is 17.5 Å². The van der Waals surface area contributed by atoms with Gasteiger partial charge in [-0.05, 0) is 55.7 Å². The highest BCUT2D eigenvalue weighted by molar-refractivity contribution is 6.30. The molecule has 0 bridgehead atoms. The molecule has 17 heavy (non-hydrogen) atoms. The van der Waals surface area contributed by atoms with E-state index in [1.165, 1.54) is 25.7 Å². The summed E-state index contributed by atoms with van der Waals surface area (Å²) in [6, 6.07) is 8.22. The number of rotatable bonds is 4. The first-order valence-corrected chi connectivity index (χ1v) is 6.62. The van der Waals surface area contributed by atoms with Crippen LogP contribution in [-0.2, 0) is 0 Å². The van der Waals surface area contributed by atoms with E-state index in [2.05, 4.69) is 11.4 Å². The van der Waals surface area contributed by atoms with Gasteiger partial charge in [0.2, 0.25) is 0 Å². The first-order valence-electron chi connectivity index (χ1n) is 6.24. The quantitative estimate of drug-likeness (QED) is 0.877. The van der Waals surface area contributed by atoms with Gasteiger partial charge >= 0.3 is 0 Å². The van der Waals surface area contributed by atoms with Crippen LogP contribution in [0.4, 0.5) is 5.69 Å². The van der Waals surface area contributed by atoms with Crippen molar-refractivity contribution < 1.29 is 0 Å². The van der Waals surface area contributed by atoms with Crippen LogP contribution in [0.15, 0.2) is 18.2 Å². The maximum Gasteiger partial charge on any atom is 0.101 e. The normalized spacial score (nSPS) is 19.1. The van der Waals surface area contributed by atoms with Crippen LogP contribution < -0.4 is 5.32 Å².